The van der Waals surface area contributed by atoms with E-state index in [4.69, 9.17) is 14.6 Å². The van der Waals surface area contributed by atoms with E-state index in [0.717, 1.165) is 6.07 Å². The van der Waals surface area contributed by atoms with Crippen LogP contribution in [-0.2, 0) is 9.53 Å². The number of aliphatic carboxylic acids is 1. The van der Waals surface area contributed by atoms with Crippen molar-refractivity contribution in [2.24, 2.45) is 0 Å². The molecule has 1 aliphatic rings. The number of carboxylic acids is 1. The minimum Gasteiger partial charge on any atom is -0.494 e. The number of hydrogen-bond donors (Lipinski definition) is 2. The van der Waals surface area contributed by atoms with Crippen molar-refractivity contribution in [1.82, 2.24) is 5.32 Å². The lowest BCUT2D eigenvalue weighted by Crippen LogP contribution is -2.50. The Bertz CT molecular complexity index is 554. The molecule has 2 N–H and O–H groups in total. The molecule has 6 nitrogen and oxygen atoms in total. The van der Waals surface area contributed by atoms with Crippen LogP contribution in [0.25, 0.3) is 0 Å². The van der Waals surface area contributed by atoms with E-state index >= 15 is 0 Å². The highest BCUT2D eigenvalue weighted by Gasteiger charge is 2.38. The van der Waals surface area contributed by atoms with Gasteiger partial charge in [0.15, 0.2) is 11.6 Å². The first-order valence-electron chi connectivity index (χ1n) is 6.41. The molecular formula is C14H16FNO5. The average Bonchev–Trinajstić information content (AvgIpc) is 2.85. The first-order chi connectivity index (χ1) is 9.96. The van der Waals surface area contributed by atoms with E-state index in [9.17, 15) is 14.0 Å². The third-order valence-corrected chi connectivity index (χ3v) is 3.39. The summed E-state index contributed by atoms with van der Waals surface area (Å²) in [4.78, 5) is 23.1. The molecule has 0 saturated carbocycles. The molecule has 1 heterocycles. The second-order valence-corrected chi connectivity index (χ2v) is 4.96. The highest BCUT2D eigenvalue weighted by molar-refractivity contribution is 5.95. The van der Waals surface area contributed by atoms with E-state index in [1.54, 1.807) is 0 Å². The van der Waals surface area contributed by atoms with Crippen molar-refractivity contribution in [1.29, 1.82) is 0 Å². The van der Waals surface area contributed by atoms with Gasteiger partial charge in [-0.1, -0.05) is 0 Å². The Labute approximate surface area is 120 Å². The van der Waals surface area contributed by atoms with E-state index in [1.165, 1.54) is 19.2 Å². The van der Waals surface area contributed by atoms with Gasteiger partial charge in [0, 0.05) is 12.2 Å². The molecule has 7 heteroatoms. The normalized spacial score (nSPS) is 21.0. The van der Waals surface area contributed by atoms with Crippen LogP contribution in [0.5, 0.6) is 5.75 Å². The minimum atomic E-state index is -1.03. The standard InChI is InChI=1S/C14H16FNO5/c1-20-11-3-2-9(6-10(11)15)13(19)16-14(7-12(17)18)4-5-21-8-14/h2-3,6H,4-5,7-8H2,1H3,(H,16,19)(H,17,18). The molecule has 1 amide bonds. The van der Waals surface area contributed by atoms with Crippen LogP contribution in [0, 0.1) is 5.82 Å². The molecule has 2 rings (SSSR count). The van der Waals surface area contributed by atoms with Crippen LogP contribution in [0.3, 0.4) is 0 Å². The van der Waals surface area contributed by atoms with Crippen LogP contribution in [0.4, 0.5) is 4.39 Å². The second-order valence-electron chi connectivity index (χ2n) is 4.96. The maximum Gasteiger partial charge on any atom is 0.305 e. The van der Waals surface area contributed by atoms with Crippen LogP contribution in [-0.4, -0.2) is 42.8 Å². The quantitative estimate of drug-likeness (QED) is 0.853. The van der Waals surface area contributed by atoms with Crippen molar-refractivity contribution in [3.8, 4) is 5.75 Å². The fourth-order valence-electron chi connectivity index (χ4n) is 2.30. The molecule has 1 unspecified atom stereocenters. The molecule has 21 heavy (non-hydrogen) atoms. The molecule has 0 aliphatic carbocycles. The molecule has 0 aromatic heterocycles. The number of rotatable bonds is 5. The summed E-state index contributed by atoms with van der Waals surface area (Å²) in [5, 5.41) is 11.6. The Balaban J connectivity index is 2.15. The predicted molar refractivity (Wildman–Crippen MR) is 70.8 cm³/mol. The highest BCUT2D eigenvalue weighted by Crippen LogP contribution is 2.24. The van der Waals surface area contributed by atoms with Crippen molar-refractivity contribution >= 4 is 11.9 Å². The number of carbonyl (C=O) groups excluding carboxylic acids is 1. The summed E-state index contributed by atoms with van der Waals surface area (Å²) in [7, 11) is 1.33. The third-order valence-electron chi connectivity index (χ3n) is 3.39. The Kier molecular flexibility index (Phi) is 4.42. The lowest BCUT2D eigenvalue weighted by atomic mass is 9.93. The Morgan fingerprint density at radius 1 is 1.52 bits per heavy atom. The topological polar surface area (TPSA) is 84.9 Å². The molecule has 1 atom stereocenters. The molecule has 1 aromatic rings. The van der Waals surface area contributed by atoms with Crippen LogP contribution in [0.2, 0.25) is 0 Å². The molecule has 114 valence electrons. The summed E-state index contributed by atoms with van der Waals surface area (Å²) in [5.74, 6) is -2.18. The number of methoxy groups -OCH3 is 1. The zero-order valence-corrected chi connectivity index (χ0v) is 11.5. The molecule has 1 saturated heterocycles. The van der Waals surface area contributed by atoms with Gasteiger partial charge in [-0.25, -0.2) is 4.39 Å². The lowest BCUT2D eigenvalue weighted by Gasteiger charge is -2.27. The van der Waals surface area contributed by atoms with Gasteiger partial charge in [0.25, 0.3) is 5.91 Å². The zero-order chi connectivity index (χ0) is 15.5. The third kappa shape index (κ3) is 3.49. The van der Waals surface area contributed by atoms with E-state index in [0.29, 0.717) is 13.0 Å². The summed E-state index contributed by atoms with van der Waals surface area (Å²) in [5.41, 5.74) is -0.843. The number of nitrogens with one attached hydrogen (secondary N) is 1. The van der Waals surface area contributed by atoms with Gasteiger partial charge >= 0.3 is 5.97 Å². The molecule has 1 fully saturated rings. The van der Waals surface area contributed by atoms with Crippen molar-refractivity contribution in [3.63, 3.8) is 0 Å². The van der Waals surface area contributed by atoms with E-state index in [-0.39, 0.29) is 24.3 Å². The molecule has 0 radical (unpaired) electrons. The summed E-state index contributed by atoms with van der Waals surface area (Å²) in [6.45, 7) is 0.508. The average molecular weight is 297 g/mol. The fraction of sp³-hybridized carbons (Fsp3) is 0.429. The van der Waals surface area contributed by atoms with Crippen LogP contribution < -0.4 is 10.1 Å². The molecular weight excluding hydrogens is 281 g/mol. The maximum atomic E-state index is 13.6. The maximum absolute atomic E-state index is 13.6. The number of benzene rings is 1. The van der Waals surface area contributed by atoms with Crippen molar-refractivity contribution in [2.75, 3.05) is 20.3 Å². The van der Waals surface area contributed by atoms with Crippen molar-refractivity contribution in [3.05, 3.63) is 29.6 Å². The number of carboxylic acid groups (broad SMARTS) is 1. The smallest absolute Gasteiger partial charge is 0.305 e. The van der Waals surface area contributed by atoms with Gasteiger partial charge in [-0.05, 0) is 24.6 Å². The Morgan fingerprint density at radius 2 is 2.29 bits per heavy atom. The van der Waals surface area contributed by atoms with Gasteiger partial charge in [0.1, 0.15) is 0 Å². The van der Waals surface area contributed by atoms with E-state index in [1.807, 2.05) is 0 Å². The second kappa shape index (κ2) is 6.09. The van der Waals surface area contributed by atoms with E-state index in [2.05, 4.69) is 5.32 Å². The fourth-order valence-corrected chi connectivity index (χ4v) is 2.30. The molecule has 0 bridgehead atoms. The van der Waals surface area contributed by atoms with Crippen LogP contribution in [0.15, 0.2) is 18.2 Å². The Morgan fingerprint density at radius 3 is 2.81 bits per heavy atom. The largest absolute Gasteiger partial charge is 0.494 e. The number of ether oxygens (including phenoxy) is 2. The number of amides is 1. The molecule has 1 aromatic carbocycles. The number of hydrogen-bond acceptors (Lipinski definition) is 4. The minimum absolute atomic E-state index is 0.0380. The Hall–Kier alpha value is -2.15. The molecule has 1 aliphatic heterocycles. The summed E-state index contributed by atoms with van der Waals surface area (Å²) in [6.07, 6.45) is 0.168. The number of carbonyl (C=O) groups is 2. The van der Waals surface area contributed by atoms with Gasteiger partial charge in [-0.15, -0.1) is 0 Å². The monoisotopic (exact) mass is 297 g/mol. The van der Waals surface area contributed by atoms with Crippen molar-refractivity contribution in [2.45, 2.75) is 18.4 Å². The summed E-state index contributed by atoms with van der Waals surface area (Å²) >= 11 is 0. The molecule has 0 spiro atoms. The van der Waals surface area contributed by atoms with E-state index < -0.39 is 23.2 Å². The summed E-state index contributed by atoms with van der Waals surface area (Å²) < 4.78 is 23.6. The van der Waals surface area contributed by atoms with Crippen molar-refractivity contribution < 1.29 is 28.6 Å². The number of halogens is 1. The van der Waals surface area contributed by atoms with Gasteiger partial charge in [0.2, 0.25) is 0 Å². The zero-order valence-electron chi connectivity index (χ0n) is 11.5. The predicted octanol–water partition coefficient (Wildman–Crippen LogP) is 1.20. The van der Waals surface area contributed by atoms with Gasteiger partial charge in [-0.3, -0.25) is 9.59 Å². The van der Waals surface area contributed by atoms with Crippen LogP contribution in [0.1, 0.15) is 23.2 Å². The van der Waals surface area contributed by atoms with Gasteiger partial charge < -0.3 is 19.9 Å². The first-order valence-corrected chi connectivity index (χ1v) is 6.41. The lowest BCUT2D eigenvalue weighted by molar-refractivity contribution is -0.138. The first kappa shape index (κ1) is 15.2. The van der Waals surface area contributed by atoms with Gasteiger partial charge in [-0.2, -0.15) is 0 Å². The summed E-state index contributed by atoms with van der Waals surface area (Å²) in [6, 6.07) is 3.82. The highest BCUT2D eigenvalue weighted by atomic mass is 19.1. The van der Waals surface area contributed by atoms with Crippen LogP contribution >= 0.6 is 0 Å². The SMILES string of the molecule is COc1ccc(C(=O)NC2(CC(=O)O)CCOC2)cc1F. The van der Waals surface area contributed by atoms with Gasteiger partial charge in [0.05, 0.1) is 25.7 Å².